The van der Waals surface area contributed by atoms with E-state index in [2.05, 4.69) is 10.2 Å². The molecular formula is C9H18F2N2O. The van der Waals surface area contributed by atoms with Crippen LogP contribution >= 0.6 is 0 Å². The van der Waals surface area contributed by atoms with Crippen LogP contribution in [0.15, 0.2) is 0 Å². The highest BCUT2D eigenvalue weighted by molar-refractivity contribution is 4.78. The maximum Gasteiger partial charge on any atom is 0.282 e. The first-order chi connectivity index (χ1) is 6.53. The molecule has 0 aromatic rings. The summed E-state index contributed by atoms with van der Waals surface area (Å²) in [6.45, 7) is 0.398. The molecular weight excluding hydrogens is 190 g/mol. The van der Waals surface area contributed by atoms with Crippen LogP contribution in [0.3, 0.4) is 0 Å². The molecule has 0 radical (unpaired) electrons. The fourth-order valence-electron chi connectivity index (χ4n) is 1.56. The van der Waals surface area contributed by atoms with Crippen LogP contribution in [0.25, 0.3) is 0 Å². The smallest absolute Gasteiger partial charge is 0.282 e. The zero-order valence-electron chi connectivity index (χ0n) is 8.47. The number of alkyl halides is 2. The first kappa shape index (κ1) is 11.8. The Labute approximate surface area is 83.1 Å². The van der Waals surface area contributed by atoms with Crippen LogP contribution in [-0.4, -0.2) is 55.3 Å². The van der Waals surface area contributed by atoms with Crippen molar-refractivity contribution in [3.05, 3.63) is 0 Å². The highest BCUT2D eigenvalue weighted by Crippen LogP contribution is 2.13. The monoisotopic (exact) mass is 208 g/mol. The van der Waals surface area contributed by atoms with Crippen LogP contribution < -0.4 is 5.32 Å². The molecule has 1 heterocycles. The molecule has 1 fully saturated rings. The molecule has 1 aliphatic rings. The van der Waals surface area contributed by atoms with E-state index in [0.29, 0.717) is 0 Å². The molecule has 14 heavy (non-hydrogen) atoms. The second-order valence-corrected chi connectivity index (χ2v) is 3.97. The standard InChI is InChI=1S/C9H18F2N2O/c1-13-4-2-8(3-5-13)12-6-9(10,11)7-14/h8,12,14H,2-7H2,1H3. The lowest BCUT2D eigenvalue weighted by Crippen LogP contribution is -2.46. The lowest BCUT2D eigenvalue weighted by atomic mass is 10.1. The normalized spacial score (nSPS) is 21.4. The summed E-state index contributed by atoms with van der Waals surface area (Å²) in [5.41, 5.74) is 0. The minimum atomic E-state index is -2.98. The Kier molecular flexibility index (Phi) is 4.22. The predicted octanol–water partition coefficient (Wildman–Crippen LogP) is 0.298. The Bertz CT molecular complexity index is 170. The van der Waals surface area contributed by atoms with E-state index in [0.717, 1.165) is 25.9 Å². The van der Waals surface area contributed by atoms with E-state index in [1.807, 2.05) is 7.05 Å². The van der Waals surface area contributed by atoms with Gasteiger partial charge in [0, 0.05) is 6.04 Å². The van der Waals surface area contributed by atoms with Crippen LogP contribution in [0, 0.1) is 0 Å². The minimum absolute atomic E-state index is 0.170. The van der Waals surface area contributed by atoms with Gasteiger partial charge < -0.3 is 15.3 Å². The SMILES string of the molecule is CN1CCC(NCC(F)(F)CO)CC1. The van der Waals surface area contributed by atoms with E-state index in [1.165, 1.54) is 0 Å². The van der Waals surface area contributed by atoms with Gasteiger partial charge in [-0.05, 0) is 33.0 Å². The topological polar surface area (TPSA) is 35.5 Å². The zero-order valence-corrected chi connectivity index (χ0v) is 8.47. The summed E-state index contributed by atoms with van der Waals surface area (Å²) in [6.07, 6.45) is 1.80. The van der Waals surface area contributed by atoms with Crippen LogP contribution in [0.4, 0.5) is 8.78 Å². The number of piperidine rings is 1. The van der Waals surface area contributed by atoms with Crippen molar-refractivity contribution in [3.8, 4) is 0 Å². The Morgan fingerprint density at radius 2 is 2.00 bits per heavy atom. The number of aliphatic hydroxyl groups excluding tert-OH is 1. The lowest BCUT2D eigenvalue weighted by Gasteiger charge is -2.30. The molecule has 0 atom stereocenters. The molecule has 0 spiro atoms. The summed E-state index contributed by atoms with van der Waals surface area (Å²) >= 11 is 0. The number of likely N-dealkylation sites (tertiary alicyclic amines) is 1. The van der Waals surface area contributed by atoms with E-state index in [1.54, 1.807) is 0 Å². The first-order valence-electron chi connectivity index (χ1n) is 4.94. The molecule has 0 amide bonds. The van der Waals surface area contributed by atoms with E-state index in [9.17, 15) is 8.78 Å². The predicted molar refractivity (Wildman–Crippen MR) is 50.6 cm³/mol. The van der Waals surface area contributed by atoms with Crippen molar-refractivity contribution < 1.29 is 13.9 Å². The second kappa shape index (κ2) is 5.00. The van der Waals surface area contributed by atoms with Crippen molar-refractivity contribution in [1.82, 2.24) is 10.2 Å². The highest BCUT2D eigenvalue weighted by atomic mass is 19.3. The Hall–Kier alpha value is -0.260. The number of aliphatic hydroxyl groups is 1. The summed E-state index contributed by atoms with van der Waals surface area (Å²) in [5, 5.41) is 11.2. The molecule has 84 valence electrons. The van der Waals surface area contributed by atoms with Crippen molar-refractivity contribution in [3.63, 3.8) is 0 Å². The molecule has 0 aromatic heterocycles. The number of hydrogen-bond donors (Lipinski definition) is 2. The Balaban J connectivity index is 2.19. The van der Waals surface area contributed by atoms with E-state index >= 15 is 0 Å². The fourth-order valence-corrected chi connectivity index (χ4v) is 1.56. The molecule has 3 nitrogen and oxygen atoms in total. The van der Waals surface area contributed by atoms with Crippen LogP contribution in [-0.2, 0) is 0 Å². The zero-order chi connectivity index (χ0) is 10.6. The van der Waals surface area contributed by atoms with Crippen molar-refractivity contribution in [2.75, 3.05) is 33.3 Å². The van der Waals surface area contributed by atoms with Crippen molar-refractivity contribution in [2.45, 2.75) is 24.8 Å². The van der Waals surface area contributed by atoms with Crippen molar-refractivity contribution in [1.29, 1.82) is 0 Å². The van der Waals surface area contributed by atoms with E-state index in [-0.39, 0.29) is 6.04 Å². The molecule has 2 N–H and O–H groups in total. The largest absolute Gasteiger partial charge is 0.390 e. The van der Waals surface area contributed by atoms with Gasteiger partial charge in [0.25, 0.3) is 5.92 Å². The van der Waals surface area contributed by atoms with Crippen molar-refractivity contribution in [2.24, 2.45) is 0 Å². The molecule has 1 saturated heterocycles. The number of nitrogens with zero attached hydrogens (tertiary/aromatic N) is 1. The fraction of sp³-hybridized carbons (Fsp3) is 1.00. The highest BCUT2D eigenvalue weighted by Gasteiger charge is 2.29. The lowest BCUT2D eigenvalue weighted by molar-refractivity contribution is -0.0503. The van der Waals surface area contributed by atoms with Gasteiger partial charge in [-0.15, -0.1) is 0 Å². The van der Waals surface area contributed by atoms with E-state index in [4.69, 9.17) is 5.11 Å². The van der Waals surface area contributed by atoms with Gasteiger partial charge in [-0.25, -0.2) is 8.78 Å². The quantitative estimate of drug-likeness (QED) is 0.697. The van der Waals surface area contributed by atoms with Gasteiger partial charge >= 0.3 is 0 Å². The van der Waals surface area contributed by atoms with Gasteiger partial charge in [-0.3, -0.25) is 0 Å². The van der Waals surface area contributed by atoms with Gasteiger partial charge in [-0.1, -0.05) is 0 Å². The summed E-state index contributed by atoms with van der Waals surface area (Å²) in [4.78, 5) is 2.18. The first-order valence-corrected chi connectivity index (χ1v) is 4.94. The average molecular weight is 208 g/mol. The molecule has 0 saturated carbocycles. The number of nitrogens with one attached hydrogen (secondary N) is 1. The molecule has 1 aliphatic heterocycles. The van der Waals surface area contributed by atoms with Gasteiger partial charge in [-0.2, -0.15) is 0 Å². The number of hydrogen-bond acceptors (Lipinski definition) is 3. The molecule has 0 bridgehead atoms. The molecule has 1 rings (SSSR count). The van der Waals surface area contributed by atoms with Gasteiger partial charge in [0.1, 0.15) is 6.61 Å². The summed E-state index contributed by atoms with van der Waals surface area (Å²) in [7, 11) is 2.03. The Morgan fingerprint density at radius 1 is 1.43 bits per heavy atom. The molecule has 0 aromatic carbocycles. The van der Waals surface area contributed by atoms with Crippen LogP contribution in [0.1, 0.15) is 12.8 Å². The van der Waals surface area contributed by atoms with E-state index < -0.39 is 19.1 Å². The van der Waals surface area contributed by atoms with Crippen LogP contribution in [0.2, 0.25) is 0 Å². The maximum absolute atomic E-state index is 12.7. The summed E-state index contributed by atoms with van der Waals surface area (Å²) in [6, 6.07) is 0.170. The second-order valence-electron chi connectivity index (χ2n) is 3.97. The maximum atomic E-state index is 12.7. The van der Waals surface area contributed by atoms with Gasteiger partial charge in [0.2, 0.25) is 0 Å². The third-order valence-electron chi connectivity index (χ3n) is 2.60. The molecule has 0 aliphatic carbocycles. The summed E-state index contributed by atoms with van der Waals surface area (Å²) in [5.74, 6) is -2.98. The third kappa shape index (κ3) is 3.86. The number of halogens is 2. The van der Waals surface area contributed by atoms with Crippen LogP contribution in [0.5, 0.6) is 0 Å². The Morgan fingerprint density at radius 3 is 2.50 bits per heavy atom. The average Bonchev–Trinajstić information content (AvgIpc) is 2.17. The van der Waals surface area contributed by atoms with Gasteiger partial charge in [0.05, 0.1) is 6.54 Å². The summed E-state index contributed by atoms with van der Waals surface area (Å²) < 4.78 is 25.3. The third-order valence-corrected chi connectivity index (χ3v) is 2.60. The van der Waals surface area contributed by atoms with Crippen molar-refractivity contribution >= 4 is 0 Å². The molecule has 5 heteroatoms. The number of rotatable bonds is 4. The minimum Gasteiger partial charge on any atom is -0.390 e. The molecule has 0 unspecified atom stereocenters. The van der Waals surface area contributed by atoms with Gasteiger partial charge in [0.15, 0.2) is 0 Å².